The summed E-state index contributed by atoms with van der Waals surface area (Å²) in [6.07, 6.45) is 2.79. The molecule has 15 heavy (non-hydrogen) atoms. The molecule has 1 aliphatic carbocycles. The predicted molar refractivity (Wildman–Crippen MR) is 60.9 cm³/mol. The molecule has 80 valence electrons. The molecule has 1 fully saturated rings. The van der Waals surface area contributed by atoms with Gasteiger partial charge in [0.1, 0.15) is 0 Å². The van der Waals surface area contributed by atoms with E-state index in [2.05, 4.69) is 0 Å². The Morgan fingerprint density at radius 1 is 1.40 bits per heavy atom. The van der Waals surface area contributed by atoms with Crippen molar-refractivity contribution in [3.63, 3.8) is 0 Å². The highest BCUT2D eigenvalue weighted by molar-refractivity contribution is 6.30. The zero-order chi connectivity index (χ0) is 10.8. The average Bonchev–Trinajstić information content (AvgIpc) is 3.04. The largest absolute Gasteiger partial charge is 0.342 e. The van der Waals surface area contributed by atoms with E-state index in [9.17, 15) is 4.79 Å². The Hall–Kier alpha value is -1.02. The van der Waals surface area contributed by atoms with Gasteiger partial charge in [-0.15, -0.1) is 0 Å². The number of carbonyl (C=O) groups excluding carboxylic acids is 1. The fourth-order valence-electron chi connectivity index (χ4n) is 1.57. The first kappa shape index (κ1) is 10.5. The second kappa shape index (κ2) is 4.23. The predicted octanol–water partition coefficient (Wildman–Crippen LogP) is 2.50. The van der Waals surface area contributed by atoms with Gasteiger partial charge in [0.2, 0.25) is 5.91 Å². The van der Waals surface area contributed by atoms with Gasteiger partial charge in [0.15, 0.2) is 0 Å². The smallest absolute Gasteiger partial charge is 0.226 e. The van der Waals surface area contributed by atoms with Crippen LogP contribution in [0.3, 0.4) is 0 Å². The fraction of sp³-hybridized carbons (Fsp3) is 0.417. The van der Waals surface area contributed by atoms with E-state index in [0.29, 0.717) is 17.5 Å². The number of amides is 1. The summed E-state index contributed by atoms with van der Waals surface area (Å²) >= 11 is 5.78. The summed E-state index contributed by atoms with van der Waals surface area (Å²) in [7, 11) is 1.88. The normalized spacial score (nSPS) is 15.1. The van der Waals surface area contributed by atoms with Crippen molar-refractivity contribution in [3.05, 3.63) is 34.9 Å². The molecule has 0 aliphatic heterocycles. The number of likely N-dealkylation sites (N-methyl/N-ethyl adjacent to an activating group) is 1. The van der Waals surface area contributed by atoms with E-state index >= 15 is 0 Å². The van der Waals surface area contributed by atoms with E-state index in [1.165, 1.54) is 0 Å². The number of hydrogen-bond acceptors (Lipinski definition) is 1. The van der Waals surface area contributed by atoms with E-state index < -0.39 is 0 Å². The standard InChI is InChI=1S/C12H14ClNO/c1-14(11-6-7-11)12(15)8-9-2-4-10(13)5-3-9/h2-5,11H,6-8H2,1H3. The van der Waals surface area contributed by atoms with Crippen molar-refractivity contribution in [2.75, 3.05) is 7.05 Å². The van der Waals surface area contributed by atoms with Crippen molar-refractivity contribution < 1.29 is 4.79 Å². The summed E-state index contributed by atoms with van der Waals surface area (Å²) < 4.78 is 0. The van der Waals surface area contributed by atoms with Gasteiger partial charge in [-0.2, -0.15) is 0 Å². The van der Waals surface area contributed by atoms with Gasteiger partial charge in [0.25, 0.3) is 0 Å². The molecule has 0 heterocycles. The molecule has 1 amide bonds. The molecule has 0 spiro atoms. The first-order chi connectivity index (χ1) is 7.16. The summed E-state index contributed by atoms with van der Waals surface area (Å²) in [5.74, 6) is 0.194. The molecule has 1 saturated carbocycles. The van der Waals surface area contributed by atoms with Gasteiger partial charge >= 0.3 is 0 Å². The van der Waals surface area contributed by atoms with Crippen LogP contribution in [0.5, 0.6) is 0 Å². The number of hydrogen-bond donors (Lipinski definition) is 0. The van der Waals surface area contributed by atoms with Crippen LogP contribution in [0.1, 0.15) is 18.4 Å². The second-order valence-electron chi connectivity index (χ2n) is 4.04. The van der Waals surface area contributed by atoms with Crippen LogP contribution in [0.15, 0.2) is 24.3 Å². The molecule has 0 atom stereocenters. The summed E-state index contributed by atoms with van der Waals surface area (Å²) in [6.45, 7) is 0. The van der Waals surface area contributed by atoms with Crippen LogP contribution in [0, 0.1) is 0 Å². The summed E-state index contributed by atoms with van der Waals surface area (Å²) in [5, 5.41) is 0.710. The maximum absolute atomic E-state index is 11.8. The highest BCUT2D eigenvalue weighted by Gasteiger charge is 2.29. The van der Waals surface area contributed by atoms with E-state index in [0.717, 1.165) is 18.4 Å². The van der Waals surface area contributed by atoms with Gasteiger partial charge in [-0.05, 0) is 30.5 Å². The SMILES string of the molecule is CN(C(=O)Cc1ccc(Cl)cc1)C1CC1. The van der Waals surface area contributed by atoms with Crippen molar-refractivity contribution in [2.45, 2.75) is 25.3 Å². The number of benzene rings is 1. The van der Waals surface area contributed by atoms with Crippen molar-refractivity contribution in [1.29, 1.82) is 0 Å². The molecule has 0 unspecified atom stereocenters. The molecule has 0 aromatic heterocycles. The van der Waals surface area contributed by atoms with Gasteiger partial charge in [-0.3, -0.25) is 4.79 Å². The number of nitrogens with zero attached hydrogens (tertiary/aromatic N) is 1. The zero-order valence-electron chi connectivity index (χ0n) is 8.74. The van der Waals surface area contributed by atoms with Crippen molar-refractivity contribution in [3.8, 4) is 0 Å². The first-order valence-electron chi connectivity index (χ1n) is 5.17. The maximum atomic E-state index is 11.8. The monoisotopic (exact) mass is 223 g/mol. The van der Waals surface area contributed by atoms with Crippen LogP contribution in [0.4, 0.5) is 0 Å². The Balaban J connectivity index is 1.95. The molecule has 0 bridgehead atoms. The Kier molecular flexibility index (Phi) is 2.96. The van der Waals surface area contributed by atoms with Crippen LogP contribution in [-0.4, -0.2) is 23.9 Å². The van der Waals surface area contributed by atoms with E-state index in [-0.39, 0.29) is 5.91 Å². The van der Waals surface area contributed by atoms with E-state index in [1.807, 2.05) is 36.2 Å². The molecule has 0 saturated heterocycles. The third kappa shape index (κ3) is 2.72. The third-order valence-corrected chi connectivity index (χ3v) is 3.01. The molecule has 0 N–H and O–H groups in total. The van der Waals surface area contributed by atoms with Gasteiger partial charge in [0.05, 0.1) is 6.42 Å². The topological polar surface area (TPSA) is 20.3 Å². The Morgan fingerprint density at radius 2 is 2.00 bits per heavy atom. The van der Waals surface area contributed by atoms with Crippen LogP contribution in [0.2, 0.25) is 5.02 Å². The Labute approximate surface area is 94.8 Å². The summed E-state index contributed by atoms with van der Waals surface area (Å²) in [6, 6.07) is 7.94. The quantitative estimate of drug-likeness (QED) is 0.771. The molecule has 0 radical (unpaired) electrons. The molecule has 3 heteroatoms. The van der Waals surface area contributed by atoms with Crippen LogP contribution >= 0.6 is 11.6 Å². The Morgan fingerprint density at radius 3 is 2.53 bits per heavy atom. The zero-order valence-corrected chi connectivity index (χ0v) is 9.50. The van der Waals surface area contributed by atoms with Gasteiger partial charge in [-0.25, -0.2) is 0 Å². The highest BCUT2D eigenvalue weighted by atomic mass is 35.5. The molecule has 2 rings (SSSR count). The first-order valence-corrected chi connectivity index (χ1v) is 5.55. The van der Waals surface area contributed by atoms with Crippen LogP contribution in [0.25, 0.3) is 0 Å². The molecule has 1 aliphatic rings. The Bertz CT molecular complexity index is 356. The van der Waals surface area contributed by atoms with Crippen LogP contribution in [-0.2, 0) is 11.2 Å². The lowest BCUT2D eigenvalue weighted by molar-refractivity contribution is -0.129. The van der Waals surface area contributed by atoms with Crippen molar-refractivity contribution >= 4 is 17.5 Å². The minimum Gasteiger partial charge on any atom is -0.342 e. The van der Waals surface area contributed by atoms with Gasteiger partial charge < -0.3 is 4.90 Å². The summed E-state index contributed by atoms with van der Waals surface area (Å²) in [5.41, 5.74) is 1.02. The number of rotatable bonds is 3. The van der Waals surface area contributed by atoms with Gasteiger partial charge in [-0.1, -0.05) is 23.7 Å². The molecule has 2 nitrogen and oxygen atoms in total. The lowest BCUT2D eigenvalue weighted by Gasteiger charge is -2.15. The number of halogens is 1. The fourth-order valence-corrected chi connectivity index (χ4v) is 1.69. The van der Waals surface area contributed by atoms with E-state index in [1.54, 1.807) is 0 Å². The molecular formula is C12H14ClNO. The highest BCUT2D eigenvalue weighted by Crippen LogP contribution is 2.25. The second-order valence-corrected chi connectivity index (χ2v) is 4.48. The molecule has 1 aromatic rings. The lowest BCUT2D eigenvalue weighted by Crippen LogP contribution is -2.30. The van der Waals surface area contributed by atoms with Crippen molar-refractivity contribution in [2.24, 2.45) is 0 Å². The average molecular weight is 224 g/mol. The summed E-state index contributed by atoms with van der Waals surface area (Å²) in [4.78, 5) is 13.6. The minimum absolute atomic E-state index is 0.194. The van der Waals surface area contributed by atoms with E-state index in [4.69, 9.17) is 11.6 Å². The van der Waals surface area contributed by atoms with Crippen LogP contribution < -0.4 is 0 Å². The minimum atomic E-state index is 0.194. The lowest BCUT2D eigenvalue weighted by atomic mass is 10.1. The number of carbonyl (C=O) groups is 1. The van der Waals surface area contributed by atoms with Gasteiger partial charge in [0, 0.05) is 18.1 Å². The maximum Gasteiger partial charge on any atom is 0.226 e. The molecule has 1 aromatic carbocycles. The van der Waals surface area contributed by atoms with Crippen molar-refractivity contribution in [1.82, 2.24) is 4.90 Å². The molecular weight excluding hydrogens is 210 g/mol. The third-order valence-electron chi connectivity index (χ3n) is 2.76.